The molecule has 0 atom stereocenters. The van der Waals surface area contributed by atoms with Gasteiger partial charge in [0.25, 0.3) is 5.56 Å². The van der Waals surface area contributed by atoms with Crippen LogP contribution < -0.4 is 11.2 Å². The molecule has 0 fully saturated rings. The highest BCUT2D eigenvalue weighted by molar-refractivity contribution is 7.08. The molecule has 16 heavy (non-hydrogen) atoms. The third kappa shape index (κ3) is 1.99. The van der Waals surface area contributed by atoms with Crippen LogP contribution >= 0.6 is 11.3 Å². The minimum atomic E-state index is -0.349. The quantitative estimate of drug-likeness (QED) is 0.881. The van der Waals surface area contributed by atoms with E-state index in [0.29, 0.717) is 12.2 Å². The summed E-state index contributed by atoms with van der Waals surface area (Å²) in [7, 11) is 0. The van der Waals surface area contributed by atoms with Gasteiger partial charge in [0.2, 0.25) is 0 Å². The van der Waals surface area contributed by atoms with E-state index in [4.69, 9.17) is 0 Å². The van der Waals surface area contributed by atoms with Crippen LogP contribution in [0, 0.1) is 0 Å². The van der Waals surface area contributed by atoms with E-state index in [1.54, 1.807) is 15.9 Å². The Labute approximate surface area is 96.2 Å². The number of H-pyrrole nitrogens is 1. The second-order valence-electron chi connectivity index (χ2n) is 3.49. The second kappa shape index (κ2) is 4.49. The van der Waals surface area contributed by atoms with Gasteiger partial charge >= 0.3 is 5.69 Å². The van der Waals surface area contributed by atoms with Gasteiger partial charge in [-0.3, -0.25) is 14.3 Å². The Morgan fingerprint density at radius 3 is 2.88 bits per heavy atom. The molecule has 2 aromatic heterocycles. The fourth-order valence-corrected chi connectivity index (χ4v) is 2.27. The summed E-state index contributed by atoms with van der Waals surface area (Å²) in [6.45, 7) is 2.61. The number of rotatable bonds is 3. The zero-order valence-electron chi connectivity index (χ0n) is 8.90. The number of thiophene rings is 1. The first kappa shape index (κ1) is 10.9. The summed E-state index contributed by atoms with van der Waals surface area (Å²) in [6, 6.07) is 3.38. The molecule has 0 spiro atoms. The van der Waals surface area contributed by atoms with Gasteiger partial charge in [-0.1, -0.05) is 6.92 Å². The highest BCUT2D eigenvalue weighted by Crippen LogP contribution is 2.19. The molecule has 0 amide bonds. The molecule has 0 saturated carbocycles. The van der Waals surface area contributed by atoms with Crippen molar-refractivity contribution in [2.45, 2.75) is 19.9 Å². The van der Waals surface area contributed by atoms with E-state index in [-0.39, 0.29) is 11.2 Å². The van der Waals surface area contributed by atoms with E-state index in [2.05, 4.69) is 4.98 Å². The van der Waals surface area contributed by atoms with Crippen LogP contribution in [0.2, 0.25) is 0 Å². The lowest BCUT2D eigenvalue weighted by Crippen LogP contribution is -2.30. The van der Waals surface area contributed by atoms with Crippen molar-refractivity contribution in [3.8, 4) is 11.3 Å². The predicted molar refractivity (Wildman–Crippen MR) is 64.9 cm³/mol. The molecule has 0 radical (unpaired) electrons. The van der Waals surface area contributed by atoms with Gasteiger partial charge < -0.3 is 0 Å². The Morgan fingerprint density at radius 2 is 2.25 bits per heavy atom. The molecule has 2 heterocycles. The van der Waals surface area contributed by atoms with E-state index in [9.17, 15) is 9.59 Å². The Kier molecular flexibility index (Phi) is 3.05. The molecule has 2 aromatic rings. The first-order valence-electron chi connectivity index (χ1n) is 5.09. The van der Waals surface area contributed by atoms with Crippen LogP contribution in [0.25, 0.3) is 11.3 Å². The molecule has 5 heteroatoms. The normalized spacial score (nSPS) is 10.6. The molecular weight excluding hydrogens is 224 g/mol. The molecule has 0 saturated heterocycles. The lowest BCUT2D eigenvalue weighted by Gasteiger charge is -2.09. The highest BCUT2D eigenvalue weighted by atomic mass is 32.1. The first-order chi connectivity index (χ1) is 7.72. The topological polar surface area (TPSA) is 54.9 Å². The van der Waals surface area contributed by atoms with Gasteiger partial charge in [-0.25, -0.2) is 4.79 Å². The van der Waals surface area contributed by atoms with Crippen molar-refractivity contribution in [2.24, 2.45) is 0 Å². The van der Waals surface area contributed by atoms with Crippen LogP contribution in [-0.2, 0) is 6.54 Å². The first-order valence-corrected chi connectivity index (χ1v) is 6.03. The molecular formula is C11H12N2O2S. The second-order valence-corrected chi connectivity index (χ2v) is 4.27. The van der Waals surface area contributed by atoms with Crippen molar-refractivity contribution >= 4 is 11.3 Å². The standard InChI is InChI=1S/C11H12N2O2S/c1-2-4-13-9(8-3-5-16-7-8)6-10(14)12-11(13)15/h3,5-7H,2,4H2,1H3,(H,12,14,15). The van der Waals surface area contributed by atoms with Crippen molar-refractivity contribution in [3.63, 3.8) is 0 Å². The van der Waals surface area contributed by atoms with Gasteiger partial charge in [0.05, 0.1) is 5.69 Å². The lowest BCUT2D eigenvalue weighted by molar-refractivity contribution is 0.639. The van der Waals surface area contributed by atoms with E-state index in [1.807, 2.05) is 23.8 Å². The van der Waals surface area contributed by atoms with Gasteiger partial charge in [0.1, 0.15) is 0 Å². The zero-order valence-corrected chi connectivity index (χ0v) is 9.71. The van der Waals surface area contributed by atoms with Crippen molar-refractivity contribution in [2.75, 3.05) is 0 Å². The van der Waals surface area contributed by atoms with Crippen molar-refractivity contribution in [3.05, 3.63) is 43.7 Å². The van der Waals surface area contributed by atoms with E-state index in [0.717, 1.165) is 12.0 Å². The zero-order chi connectivity index (χ0) is 11.5. The van der Waals surface area contributed by atoms with Crippen LogP contribution in [0.1, 0.15) is 13.3 Å². The number of nitrogens with one attached hydrogen (secondary N) is 1. The fraction of sp³-hybridized carbons (Fsp3) is 0.273. The number of hydrogen-bond acceptors (Lipinski definition) is 3. The van der Waals surface area contributed by atoms with Gasteiger partial charge in [0, 0.05) is 23.6 Å². The van der Waals surface area contributed by atoms with Crippen LogP contribution in [0.4, 0.5) is 0 Å². The molecule has 0 bridgehead atoms. The Bertz CT molecular complexity index is 581. The van der Waals surface area contributed by atoms with Gasteiger partial charge in [0.15, 0.2) is 0 Å². The fourth-order valence-electron chi connectivity index (χ4n) is 1.62. The average molecular weight is 236 g/mol. The summed E-state index contributed by atoms with van der Waals surface area (Å²) in [6.07, 6.45) is 0.850. The van der Waals surface area contributed by atoms with Gasteiger partial charge in [-0.15, -0.1) is 0 Å². The van der Waals surface area contributed by atoms with Crippen molar-refractivity contribution < 1.29 is 0 Å². The smallest absolute Gasteiger partial charge is 0.293 e. The number of hydrogen-bond donors (Lipinski definition) is 1. The number of aromatic nitrogens is 2. The molecule has 0 aromatic carbocycles. The number of aromatic amines is 1. The van der Waals surface area contributed by atoms with Crippen LogP contribution in [-0.4, -0.2) is 9.55 Å². The average Bonchev–Trinajstić information content (AvgIpc) is 2.75. The summed E-state index contributed by atoms with van der Waals surface area (Å²) in [4.78, 5) is 25.2. The van der Waals surface area contributed by atoms with Crippen molar-refractivity contribution in [1.82, 2.24) is 9.55 Å². The summed E-state index contributed by atoms with van der Waals surface area (Å²) < 4.78 is 1.60. The predicted octanol–water partition coefficient (Wildman–Crippen LogP) is 1.68. The third-order valence-corrected chi connectivity index (χ3v) is 2.98. The number of nitrogens with zero attached hydrogens (tertiary/aromatic N) is 1. The van der Waals surface area contributed by atoms with E-state index >= 15 is 0 Å². The van der Waals surface area contributed by atoms with Crippen LogP contribution in [0.15, 0.2) is 32.5 Å². The summed E-state index contributed by atoms with van der Waals surface area (Å²) in [5, 5.41) is 3.86. The van der Waals surface area contributed by atoms with E-state index in [1.165, 1.54) is 6.07 Å². The molecule has 2 rings (SSSR count). The minimum Gasteiger partial charge on any atom is -0.293 e. The molecule has 1 N–H and O–H groups in total. The summed E-state index contributed by atoms with van der Waals surface area (Å²) in [5.41, 5.74) is 0.924. The maximum Gasteiger partial charge on any atom is 0.328 e. The van der Waals surface area contributed by atoms with Gasteiger partial charge in [-0.2, -0.15) is 11.3 Å². The Morgan fingerprint density at radius 1 is 1.44 bits per heavy atom. The SMILES string of the molecule is CCCn1c(-c2ccsc2)cc(=O)[nH]c1=O. The molecule has 4 nitrogen and oxygen atoms in total. The maximum atomic E-state index is 11.7. The molecule has 0 aliphatic heterocycles. The summed E-state index contributed by atoms with van der Waals surface area (Å²) >= 11 is 1.55. The Hall–Kier alpha value is -1.62. The summed E-state index contributed by atoms with van der Waals surface area (Å²) in [5.74, 6) is 0. The largest absolute Gasteiger partial charge is 0.328 e. The van der Waals surface area contributed by atoms with Crippen molar-refractivity contribution in [1.29, 1.82) is 0 Å². The van der Waals surface area contributed by atoms with Crippen LogP contribution in [0.3, 0.4) is 0 Å². The monoisotopic (exact) mass is 236 g/mol. The lowest BCUT2D eigenvalue weighted by atomic mass is 10.2. The molecule has 84 valence electrons. The molecule has 0 aliphatic carbocycles. The van der Waals surface area contributed by atoms with Crippen LogP contribution in [0.5, 0.6) is 0 Å². The van der Waals surface area contributed by atoms with E-state index < -0.39 is 0 Å². The minimum absolute atomic E-state index is 0.337. The highest BCUT2D eigenvalue weighted by Gasteiger charge is 2.07. The van der Waals surface area contributed by atoms with Gasteiger partial charge in [-0.05, 0) is 17.9 Å². The maximum absolute atomic E-state index is 11.7. The third-order valence-electron chi connectivity index (χ3n) is 2.30. The molecule has 0 unspecified atom stereocenters. The molecule has 0 aliphatic rings. The Balaban J connectivity index is 2.67.